The molecule has 2 saturated heterocycles. The van der Waals surface area contributed by atoms with Crippen molar-refractivity contribution in [2.45, 2.75) is 51.2 Å². The maximum absolute atomic E-state index is 12.0. The Hall–Kier alpha value is -0.610. The highest BCUT2D eigenvalue weighted by Crippen LogP contribution is 2.24. The van der Waals surface area contributed by atoms with Crippen LogP contribution in [0.4, 0.5) is 0 Å². The predicted molar refractivity (Wildman–Crippen MR) is 66.8 cm³/mol. The molecule has 0 aromatic heterocycles. The van der Waals surface area contributed by atoms with Crippen molar-refractivity contribution in [2.24, 2.45) is 5.92 Å². The van der Waals surface area contributed by atoms with Crippen LogP contribution in [-0.2, 0) is 9.53 Å². The van der Waals surface area contributed by atoms with Crippen LogP contribution < -0.4 is 10.6 Å². The SMILES string of the molecule is CC1CCNC(C(=O)NCC2(C)CCCO2)C1. The molecule has 0 spiro atoms. The summed E-state index contributed by atoms with van der Waals surface area (Å²) in [6.07, 6.45) is 4.26. The monoisotopic (exact) mass is 240 g/mol. The van der Waals surface area contributed by atoms with Gasteiger partial charge >= 0.3 is 0 Å². The van der Waals surface area contributed by atoms with Gasteiger partial charge in [-0.3, -0.25) is 4.79 Å². The molecule has 3 unspecified atom stereocenters. The number of nitrogens with one attached hydrogen (secondary N) is 2. The first-order valence-corrected chi connectivity index (χ1v) is 6.74. The Morgan fingerprint density at radius 2 is 2.41 bits per heavy atom. The van der Waals surface area contributed by atoms with Gasteiger partial charge in [0.1, 0.15) is 0 Å². The van der Waals surface area contributed by atoms with Crippen LogP contribution in [0.25, 0.3) is 0 Å². The molecule has 0 radical (unpaired) electrons. The molecule has 2 rings (SSSR count). The Kier molecular flexibility index (Phi) is 4.05. The van der Waals surface area contributed by atoms with Crippen molar-refractivity contribution in [2.75, 3.05) is 19.7 Å². The molecule has 2 N–H and O–H groups in total. The van der Waals surface area contributed by atoms with Gasteiger partial charge in [0, 0.05) is 13.2 Å². The molecule has 17 heavy (non-hydrogen) atoms. The Labute approximate surface area is 103 Å². The van der Waals surface area contributed by atoms with Crippen LogP contribution in [0.5, 0.6) is 0 Å². The number of carbonyl (C=O) groups excluding carboxylic acids is 1. The molecular weight excluding hydrogens is 216 g/mol. The normalized spacial score (nSPS) is 38.0. The van der Waals surface area contributed by atoms with Crippen LogP contribution in [-0.4, -0.2) is 37.2 Å². The van der Waals surface area contributed by atoms with Crippen LogP contribution in [0.15, 0.2) is 0 Å². The lowest BCUT2D eigenvalue weighted by Gasteiger charge is -2.29. The maximum atomic E-state index is 12.0. The van der Waals surface area contributed by atoms with E-state index in [9.17, 15) is 4.79 Å². The second-order valence-electron chi connectivity index (χ2n) is 5.76. The zero-order valence-electron chi connectivity index (χ0n) is 10.9. The number of piperidine rings is 1. The molecule has 0 aromatic rings. The van der Waals surface area contributed by atoms with Gasteiger partial charge in [0.2, 0.25) is 5.91 Å². The minimum Gasteiger partial charge on any atom is -0.373 e. The Balaban J connectivity index is 1.76. The predicted octanol–water partition coefficient (Wildman–Crippen LogP) is 1.06. The molecule has 2 heterocycles. The minimum atomic E-state index is -0.143. The summed E-state index contributed by atoms with van der Waals surface area (Å²) in [6, 6.07) is -0.0104. The van der Waals surface area contributed by atoms with E-state index in [0.717, 1.165) is 32.4 Å². The van der Waals surface area contributed by atoms with Crippen molar-refractivity contribution in [3.05, 3.63) is 0 Å². The van der Waals surface area contributed by atoms with Crippen molar-refractivity contribution in [1.29, 1.82) is 0 Å². The van der Waals surface area contributed by atoms with Gasteiger partial charge in [0.15, 0.2) is 0 Å². The standard InChI is InChI=1S/C13H24N2O2/c1-10-4-6-14-11(8-10)12(16)15-9-13(2)5-3-7-17-13/h10-11,14H,3-9H2,1-2H3,(H,15,16). The van der Waals surface area contributed by atoms with E-state index in [0.29, 0.717) is 12.5 Å². The summed E-state index contributed by atoms with van der Waals surface area (Å²) in [5.41, 5.74) is -0.143. The molecule has 2 aliphatic rings. The van der Waals surface area contributed by atoms with Gasteiger partial charge in [0.25, 0.3) is 0 Å². The van der Waals surface area contributed by atoms with E-state index in [2.05, 4.69) is 24.5 Å². The highest BCUT2D eigenvalue weighted by Gasteiger charge is 2.31. The first-order valence-electron chi connectivity index (χ1n) is 6.74. The summed E-state index contributed by atoms with van der Waals surface area (Å²) in [7, 11) is 0. The summed E-state index contributed by atoms with van der Waals surface area (Å²) < 4.78 is 5.66. The van der Waals surface area contributed by atoms with Crippen LogP contribution in [0.2, 0.25) is 0 Å². The molecule has 2 aliphatic heterocycles. The molecule has 4 nitrogen and oxygen atoms in total. The van der Waals surface area contributed by atoms with Crippen molar-refractivity contribution in [1.82, 2.24) is 10.6 Å². The summed E-state index contributed by atoms with van der Waals surface area (Å²) in [5, 5.41) is 6.31. The van der Waals surface area contributed by atoms with E-state index in [-0.39, 0.29) is 17.6 Å². The quantitative estimate of drug-likeness (QED) is 0.775. The summed E-state index contributed by atoms with van der Waals surface area (Å²) >= 11 is 0. The fourth-order valence-electron chi connectivity index (χ4n) is 2.68. The van der Waals surface area contributed by atoms with E-state index in [1.54, 1.807) is 0 Å². The van der Waals surface area contributed by atoms with Crippen LogP contribution >= 0.6 is 0 Å². The first-order chi connectivity index (χ1) is 8.09. The lowest BCUT2D eigenvalue weighted by Crippen LogP contribution is -2.51. The molecule has 1 amide bonds. The number of carbonyl (C=O) groups is 1. The highest BCUT2D eigenvalue weighted by molar-refractivity contribution is 5.81. The number of hydrogen-bond donors (Lipinski definition) is 2. The molecular formula is C13H24N2O2. The lowest BCUT2D eigenvalue weighted by atomic mass is 9.93. The number of hydrogen-bond acceptors (Lipinski definition) is 3. The third-order valence-electron chi connectivity index (χ3n) is 3.92. The average Bonchev–Trinajstić information content (AvgIpc) is 2.74. The molecule has 0 aromatic carbocycles. The Morgan fingerprint density at radius 3 is 3.06 bits per heavy atom. The van der Waals surface area contributed by atoms with Gasteiger partial charge in [-0.05, 0) is 45.1 Å². The molecule has 0 saturated carbocycles. The summed E-state index contributed by atoms with van der Waals surface area (Å²) in [6.45, 7) is 6.70. The van der Waals surface area contributed by atoms with Gasteiger partial charge in [-0.25, -0.2) is 0 Å². The zero-order valence-corrected chi connectivity index (χ0v) is 10.9. The number of amides is 1. The second kappa shape index (κ2) is 5.36. The highest BCUT2D eigenvalue weighted by atomic mass is 16.5. The van der Waals surface area contributed by atoms with Gasteiger partial charge < -0.3 is 15.4 Å². The van der Waals surface area contributed by atoms with Crippen molar-refractivity contribution < 1.29 is 9.53 Å². The summed E-state index contributed by atoms with van der Waals surface area (Å²) in [4.78, 5) is 12.0. The average molecular weight is 240 g/mol. The van der Waals surface area contributed by atoms with Crippen molar-refractivity contribution >= 4 is 5.91 Å². The van der Waals surface area contributed by atoms with Crippen LogP contribution in [0.3, 0.4) is 0 Å². The molecule has 98 valence electrons. The fourth-order valence-corrected chi connectivity index (χ4v) is 2.68. The molecule has 3 atom stereocenters. The van der Waals surface area contributed by atoms with Crippen molar-refractivity contribution in [3.8, 4) is 0 Å². The Morgan fingerprint density at radius 1 is 1.59 bits per heavy atom. The van der Waals surface area contributed by atoms with E-state index in [1.807, 2.05) is 0 Å². The van der Waals surface area contributed by atoms with Gasteiger partial charge in [0.05, 0.1) is 11.6 Å². The fraction of sp³-hybridized carbons (Fsp3) is 0.923. The van der Waals surface area contributed by atoms with E-state index >= 15 is 0 Å². The minimum absolute atomic E-state index is 0.0104. The van der Waals surface area contributed by atoms with Gasteiger partial charge in [-0.1, -0.05) is 6.92 Å². The molecule has 0 aliphatic carbocycles. The maximum Gasteiger partial charge on any atom is 0.237 e. The Bertz CT molecular complexity index is 275. The largest absolute Gasteiger partial charge is 0.373 e. The van der Waals surface area contributed by atoms with E-state index in [4.69, 9.17) is 4.74 Å². The summed E-state index contributed by atoms with van der Waals surface area (Å²) in [5.74, 6) is 0.776. The van der Waals surface area contributed by atoms with E-state index < -0.39 is 0 Å². The molecule has 4 heteroatoms. The topological polar surface area (TPSA) is 50.4 Å². The zero-order chi connectivity index (χ0) is 12.3. The molecule has 2 fully saturated rings. The van der Waals surface area contributed by atoms with Crippen LogP contribution in [0.1, 0.15) is 39.5 Å². The third kappa shape index (κ3) is 3.42. The van der Waals surface area contributed by atoms with Gasteiger partial charge in [-0.15, -0.1) is 0 Å². The van der Waals surface area contributed by atoms with Gasteiger partial charge in [-0.2, -0.15) is 0 Å². The number of rotatable bonds is 3. The second-order valence-corrected chi connectivity index (χ2v) is 5.76. The lowest BCUT2D eigenvalue weighted by molar-refractivity contribution is -0.125. The van der Waals surface area contributed by atoms with Crippen molar-refractivity contribution in [3.63, 3.8) is 0 Å². The third-order valence-corrected chi connectivity index (χ3v) is 3.92. The molecule has 0 bridgehead atoms. The van der Waals surface area contributed by atoms with Crippen LogP contribution in [0, 0.1) is 5.92 Å². The first kappa shape index (κ1) is 12.8. The number of ether oxygens (including phenoxy) is 1. The smallest absolute Gasteiger partial charge is 0.237 e. The van der Waals surface area contributed by atoms with E-state index in [1.165, 1.54) is 6.42 Å².